The SMILES string of the molecule is C#CCNCC(=O)Nc1ccc(S(N)(=O)=O)cc1Br. The Hall–Kier alpha value is -1.40. The van der Waals surface area contributed by atoms with Crippen molar-refractivity contribution < 1.29 is 13.2 Å². The van der Waals surface area contributed by atoms with Gasteiger partial charge in [0.25, 0.3) is 0 Å². The van der Waals surface area contributed by atoms with Crippen LogP contribution in [0.3, 0.4) is 0 Å². The van der Waals surface area contributed by atoms with E-state index in [1.54, 1.807) is 0 Å². The van der Waals surface area contributed by atoms with Gasteiger partial charge in [0.2, 0.25) is 15.9 Å². The molecule has 4 N–H and O–H groups in total. The summed E-state index contributed by atoms with van der Waals surface area (Å²) in [6.07, 6.45) is 5.03. The molecule has 0 bridgehead atoms. The number of hydrogen-bond acceptors (Lipinski definition) is 4. The van der Waals surface area contributed by atoms with E-state index in [0.717, 1.165) is 0 Å². The van der Waals surface area contributed by atoms with Gasteiger partial charge in [-0.15, -0.1) is 6.42 Å². The van der Waals surface area contributed by atoms with Crippen molar-refractivity contribution in [2.45, 2.75) is 4.90 Å². The molecule has 0 spiro atoms. The summed E-state index contributed by atoms with van der Waals surface area (Å²) in [5.41, 5.74) is 0.444. The number of carbonyl (C=O) groups is 1. The summed E-state index contributed by atoms with van der Waals surface area (Å²) in [4.78, 5) is 11.5. The van der Waals surface area contributed by atoms with Gasteiger partial charge in [-0.25, -0.2) is 13.6 Å². The van der Waals surface area contributed by atoms with Crippen molar-refractivity contribution in [2.75, 3.05) is 18.4 Å². The molecule has 1 rings (SSSR count). The van der Waals surface area contributed by atoms with Crippen LogP contribution >= 0.6 is 15.9 Å². The van der Waals surface area contributed by atoms with Gasteiger partial charge in [-0.3, -0.25) is 10.1 Å². The maximum Gasteiger partial charge on any atom is 0.238 e. The summed E-state index contributed by atoms with van der Waals surface area (Å²) in [6.45, 7) is 0.354. The number of nitrogens with one attached hydrogen (secondary N) is 2. The number of terminal acetylenes is 1. The minimum atomic E-state index is -3.77. The van der Waals surface area contributed by atoms with Gasteiger partial charge in [0, 0.05) is 4.47 Å². The Kier molecular flexibility index (Phi) is 5.50. The van der Waals surface area contributed by atoms with Crippen molar-refractivity contribution in [3.63, 3.8) is 0 Å². The first-order valence-corrected chi connectivity index (χ1v) is 7.45. The molecule has 0 saturated heterocycles. The number of amides is 1. The number of sulfonamides is 1. The summed E-state index contributed by atoms with van der Waals surface area (Å²) < 4.78 is 22.7. The summed E-state index contributed by atoms with van der Waals surface area (Å²) in [5, 5.41) is 10.3. The zero-order valence-electron chi connectivity index (χ0n) is 9.81. The van der Waals surface area contributed by atoms with E-state index in [4.69, 9.17) is 11.6 Å². The zero-order chi connectivity index (χ0) is 14.5. The molecule has 19 heavy (non-hydrogen) atoms. The highest BCUT2D eigenvalue weighted by molar-refractivity contribution is 9.10. The fourth-order valence-electron chi connectivity index (χ4n) is 1.22. The third kappa shape index (κ3) is 5.00. The highest BCUT2D eigenvalue weighted by Gasteiger charge is 2.11. The Morgan fingerprint density at radius 1 is 1.47 bits per heavy atom. The van der Waals surface area contributed by atoms with Crippen LogP contribution in [0.4, 0.5) is 5.69 Å². The van der Waals surface area contributed by atoms with Crippen LogP contribution in [-0.4, -0.2) is 27.4 Å². The molecule has 0 unspecified atom stereocenters. The number of hydrogen-bond donors (Lipinski definition) is 3. The molecule has 1 aromatic rings. The first-order chi connectivity index (χ1) is 8.84. The van der Waals surface area contributed by atoms with Gasteiger partial charge < -0.3 is 5.32 Å². The summed E-state index contributed by atoms with van der Waals surface area (Å²) in [7, 11) is -3.77. The van der Waals surface area contributed by atoms with E-state index in [0.29, 0.717) is 16.7 Å². The van der Waals surface area contributed by atoms with Crippen LogP contribution in [0.1, 0.15) is 0 Å². The number of nitrogens with two attached hydrogens (primary N) is 1. The molecule has 0 fully saturated rings. The van der Waals surface area contributed by atoms with Crippen molar-refractivity contribution in [1.29, 1.82) is 0 Å². The van der Waals surface area contributed by atoms with E-state index in [-0.39, 0.29) is 17.3 Å². The maximum atomic E-state index is 11.5. The van der Waals surface area contributed by atoms with Crippen LogP contribution in [0.2, 0.25) is 0 Å². The van der Waals surface area contributed by atoms with E-state index in [2.05, 4.69) is 32.5 Å². The summed E-state index contributed by atoms with van der Waals surface area (Å²) >= 11 is 3.16. The summed E-state index contributed by atoms with van der Waals surface area (Å²) in [5.74, 6) is 2.05. The van der Waals surface area contributed by atoms with Crippen molar-refractivity contribution in [2.24, 2.45) is 5.14 Å². The Bertz CT molecular complexity index is 623. The first-order valence-electron chi connectivity index (χ1n) is 5.11. The predicted octanol–water partition coefficient (Wildman–Crippen LogP) is 0.258. The van der Waals surface area contributed by atoms with Gasteiger partial charge in [-0.1, -0.05) is 5.92 Å². The third-order valence-electron chi connectivity index (χ3n) is 2.06. The standard InChI is InChI=1S/C11H12BrN3O3S/c1-2-5-14-7-11(16)15-10-4-3-8(6-9(10)12)19(13,17)18/h1,3-4,6,14H,5,7H2,(H,15,16)(H2,13,17,18). The van der Waals surface area contributed by atoms with E-state index < -0.39 is 10.0 Å². The molecule has 0 aliphatic rings. The molecule has 6 nitrogen and oxygen atoms in total. The van der Waals surface area contributed by atoms with E-state index in [9.17, 15) is 13.2 Å². The zero-order valence-corrected chi connectivity index (χ0v) is 12.2. The number of anilines is 1. The normalized spacial score (nSPS) is 10.8. The van der Waals surface area contributed by atoms with E-state index in [1.807, 2.05) is 0 Å². The highest BCUT2D eigenvalue weighted by atomic mass is 79.9. The van der Waals surface area contributed by atoms with Gasteiger partial charge in [0.05, 0.1) is 23.7 Å². The minimum absolute atomic E-state index is 0.0390. The van der Waals surface area contributed by atoms with Crippen LogP contribution in [0.15, 0.2) is 27.6 Å². The number of carbonyl (C=O) groups excluding carboxylic acids is 1. The third-order valence-corrected chi connectivity index (χ3v) is 3.62. The molecule has 0 aliphatic carbocycles. The monoisotopic (exact) mass is 345 g/mol. The predicted molar refractivity (Wildman–Crippen MR) is 75.8 cm³/mol. The average molecular weight is 346 g/mol. The smallest absolute Gasteiger partial charge is 0.238 e. The number of halogens is 1. The Morgan fingerprint density at radius 3 is 2.68 bits per heavy atom. The topological polar surface area (TPSA) is 101 Å². The molecule has 1 aromatic carbocycles. The van der Waals surface area contributed by atoms with E-state index >= 15 is 0 Å². The molecule has 0 aliphatic heterocycles. The van der Waals surface area contributed by atoms with Crippen LogP contribution in [-0.2, 0) is 14.8 Å². The number of rotatable bonds is 5. The van der Waals surface area contributed by atoms with Crippen molar-refractivity contribution in [1.82, 2.24) is 5.32 Å². The van der Waals surface area contributed by atoms with Crippen molar-refractivity contribution in [3.05, 3.63) is 22.7 Å². The van der Waals surface area contributed by atoms with Crippen molar-refractivity contribution >= 4 is 37.5 Å². The number of primary sulfonamides is 1. The van der Waals surface area contributed by atoms with Gasteiger partial charge in [-0.05, 0) is 34.1 Å². The molecular formula is C11H12BrN3O3S. The second-order valence-corrected chi connectivity index (χ2v) is 5.96. The molecule has 102 valence electrons. The molecule has 0 atom stereocenters. The number of benzene rings is 1. The second-order valence-electron chi connectivity index (χ2n) is 3.54. The molecule has 1 amide bonds. The fraction of sp³-hybridized carbons (Fsp3) is 0.182. The molecule has 0 saturated carbocycles. The van der Waals surface area contributed by atoms with Crippen LogP contribution in [0, 0.1) is 12.3 Å². The Morgan fingerprint density at radius 2 is 2.16 bits per heavy atom. The molecule has 8 heteroatoms. The van der Waals surface area contributed by atoms with Crippen LogP contribution in [0.25, 0.3) is 0 Å². The summed E-state index contributed by atoms with van der Waals surface area (Å²) in [6, 6.07) is 4.08. The molecule has 0 heterocycles. The lowest BCUT2D eigenvalue weighted by Crippen LogP contribution is -2.28. The maximum absolute atomic E-state index is 11.5. The lowest BCUT2D eigenvalue weighted by Gasteiger charge is -2.08. The highest BCUT2D eigenvalue weighted by Crippen LogP contribution is 2.25. The van der Waals surface area contributed by atoms with Gasteiger partial charge in [0.15, 0.2) is 0 Å². The Balaban J connectivity index is 2.76. The Labute approximate surface area is 119 Å². The van der Waals surface area contributed by atoms with E-state index in [1.165, 1.54) is 18.2 Å². The van der Waals surface area contributed by atoms with Gasteiger partial charge in [-0.2, -0.15) is 0 Å². The fourth-order valence-corrected chi connectivity index (χ4v) is 2.39. The lowest BCUT2D eigenvalue weighted by atomic mass is 10.3. The van der Waals surface area contributed by atoms with Crippen LogP contribution in [0.5, 0.6) is 0 Å². The van der Waals surface area contributed by atoms with Gasteiger partial charge in [0.1, 0.15) is 0 Å². The second kappa shape index (κ2) is 6.68. The molecule has 0 aromatic heterocycles. The van der Waals surface area contributed by atoms with Crippen LogP contribution < -0.4 is 15.8 Å². The van der Waals surface area contributed by atoms with Crippen molar-refractivity contribution in [3.8, 4) is 12.3 Å². The largest absolute Gasteiger partial charge is 0.324 e. The minimum Gasteiger partial charge on any atom is -0.324 e. The lowest BCUT2D eigenvalue weighted by molar-refractivity contribution is -0.115. The molecule has 0 radical (unpaired) electrons. The average Bonchev–Trinajstić information content (AvgIpc) is 2.31. The quantitative estimate of drug-likeness (QED) is 0.526. The first kappa shape index (κ1) is 15.7. The molecular weight excluding hydrogens is 334 g/mol. The van der Waals surface area contributed by atoms with Gasteiger partial charge >= 0.3 is 0 Å².